The number of benzene rings is 1. The van der Waals surface area contributed by atoms with E-state index < -0.39 is 11.5 Å². The third-order valence-corrected chi connectivity index (χ3v) is 2.67. The molecule has 0 aliphatic heterocycles. The van der Waals surface area contributed by atoms with Crippen LogP contribution in [0.2, 0.25) is 0 Å². The Balaban J connectivity index is 2.63. The van der Waals surface area contributed by atoms with E-state index in [1.165, 1.54) is 6.92 Å². The van der Waals surface area contributed by atoms with Crippen molar-refractivity contribution in [3.63, 3.8) is 0 Å². The topological polar surface area (TPSA) is 78.4 Å². The second-order valence-corrected chi connectivity index (χ2v) is 3.94. The Hall–Kier alpha value is -1.88. The number of carboxylic acids is 1. The number of hydrazine groups is 1. The quantitative estimate of drug-likeness (QED) is 0.671. The van der Waals surface area contributed by atoms with Gasteiger partial charge in [0.1, 0.15) is 5.54 Å². The third-order valence-electron chi connectivity index (χ3n) is 2.67. The number of carboxylic acid groups (broad SMARTS) is 1. The Labute approximate surface area is 99.8 Å². The van der Waals surface area contributed by atoms with Crippen molar-refractivity contribution in [2.45, 2.75) is 25.8 Å². The molecule has 0 bridgehead atoms. The number of hydrogen-bond donors (Lipinski definition) is 3. The van der Waals surface area contributed by atoms with E-state index in [2.05, 4.69) is 10.9 Å². The van der Waals surface area contributed by atoms with Crippen molar-refractivity contribution < 1.29 is 14.7 Å². The normalized spacial score (nSPS) is 13.8. The fourth-order valence-electron chi connectivity index (χ4n) is 1.15. The lowest BCUT2D eigenvalue weighted by Gasteiger charge is -2.24. The maximum Gasteiger partial charge on any atom is 0.325 e. The van der Waals surface area contributed by atoms with Crippen LogP contribution in [0.25, 0.3) is 0 Å². The molecular formula is C12H16N2O3. The molecule has 1 rings (SSSR count). The van der Waals surface area contributed by atoms with Gasteiger partial charge in [0.15, 0.2) is 0 Å². The number of carbonyl (C=O) groups excluding carboxylic acids is 1. The summed E-state index contributed by atoms with van der Waals surface area (Å²) in [4.78, 5) is 22.7. The molecule has 0 saturated heterocycles. The molecule has 1 unspecified atom stereocenters. The van der Waals surface area contributed by atoms with Crippen LogP contribution < -0.4 is 10.9 Å². The summed E-state index contributed by atoms with van der Waals surface area (Å²) in [6.45, 7) is 3.25. The predicted molar refractivity (Wildman–Crippen MR) is 63.4 cm³/mol. The monoisotopic (exact) mass is 236 g/mol. The number of rotatable bonds is 5. The van der Waals surface area contributed by atoms with E-state index in [-0.39, 0.29) is 5.91 Å². The Bertz CT molecular complexity index is 405. The number of hydrogen-bond acceptors (Lipinski definition) is 3. The summed E-state index contributed by atoms with van der Waals surface area (Å²) in [5.41, 5.74) is 4.26. The molecule has 1 aromatic rings. The summed E-state index contributed by atoms with van der Waals surface area (Å²) in [6, 6.07) is 8.59. The zero-order valence-corrected chi connectivity index (χ0v) is 9.86. The first kappa shape index (κ1) is 13.2. The van der Waals surface area contributed by atoms with E-state index in [1.54, 1.807) is 37.3 Å². The van der Waals surface area contributed by atoms with Gasteiger partial charge in [0.05, 0.1) is 0 Å². The predicted octanol–water partition coefficient (Wildman–Crippen LogP) is 1.17. The van der Waals surface area contributed by atoms with Gasteiger partial charge in [0.2, 0.25) is 0 Å². The van der Waals surface area contributed by atoms with Gasteiger partial charge in [-0.2, -0.15) is 0 Å². The van der Waals surface area contributed by atoms with E-state index in [0.29, 0.717) is 12.0 Å². The van der Waals surface area contributed by atoms with Crippen molar-refractivity contribution >= 4 is 11.9 Å². The summed E-state index contributed by atoms with van der Waals surface area (Å²) < 4.78 is 0. The van der Waals surface area contributed by atoms with Gasteiger partial charge in [-0.25, -0.2) is 5.43 Å². The standard InChI is InChI=1S/C12H16N2O3/c1-3-12(2,11(16)17)14-13-10(15)9-7-5-4-6-8-9/h4-8,14H,3H2,1-2H3,(H,13,15)(H,16,17). The molecule has 1 amide bonds. The number of nitrogens with one attached hydrogen (secondary N) is 2. The van der Waals surface area contributed by atoms with Gasteiger partial charge in [-0.05, 0) is 25.5 Å². The van der Waals surface area contributed by atoms with E-state index in [0.717, 1.165) is 0 Å². The highest BCUT2D eigenvalue weighted by Gasteiger charge is 2.31. The smallest absolute Gasteiger partial charge is 0.325 e. The maximum atomic E-state index is 11.7. The fraction of sp³-hybridized carbons (Fsp3) is 0.333. The van der Waals surface area contributed by atoms with Crippen molar-refractivity contribution in [2.75, 3.05) is 0 Å². The SMILES string of the molecule is CCC(C)(NNC(=O)c1ccccc1)C(=O)O. The summed E-state index contributed by atoms with van der Waals surface area (Å²) in [7, 11) is 0. The lowest BCUT2D eigenvalue weighted by atomic mass is 10.0. The molecule has 0 saturated carbocycles. The van der Waals surface area contributed by atoms with Gasteiger partial charge < -0.3 is 5.11 Å². The van der Waals surface area contributed by atoms with Gasteiger partial charge >= 0.3 is 5.97 Å². The molecule has 5 nitrogen and oxygen atoms in total. The Morgan fingerprint density at radius 1 is 1.29 bits per heavy atom. The average molecular weight is 236 g/mol. The van der Waals surface area contributed by atoms with Crippen LogP contribution >= 0.6 is 0 Å². The number of aliphatic carboxylic acids is 1. The largest absolute Gasteiger partial charge is 0.480 e. The second kappa shape index (κ2) is 5.45. The van der Waals surface area contributed by atoms with Crippen LogP contribution in [0.3, 0.4) is 0 Å². The van der Waals surface area contributed by atoms with Crippen molar-refractivity contribution in [3.8, 4) is 0 Å². The second-order valence-electron chi connectivity index (χ2n) is 3.94. The zero-order valence-electron chi connectivity index (χ0n) is 9.86. The highest BCUT2D eigenvalue weighted by Crippen LogP contribution is 2.07. The van der Waals surface area contributed by atoms with E-state index >= 15 is 0 Å². The first-order chi connectivity index (χ1) is 7.99. The summed E-state index contributed by atoms with van der Waals surface area (Å²) in [5, 5.41) is 9.00. The van der Waals surface area contributed by atoms with Crippen LogP contribution in [-0.4, -0.2) is 22.5 Å². The van der Waals surface area contributed by atoms with Gasteiger partial charge in [-0.3, -0.25) is 15.0 Å². The highest BCUT2D eigenvalue weighted by molar-refractivity contribution is 5.94. The molecule has 0 spiro atoms. The van der Waals surface area contributed by atoms with Crippen LogP contribution in [0.1, 0.15) is 30.6 Å². The third kappa shape index (κ3) is 3.29. The minimum Gasteiger partial charge on any atom is -0.480 e. The molecule has 92 valence electrons. The molecule has 0 aliphatic carbocycles. The van der Waals surface area contributed by atoms with Gasteiger partial charge in [-0.15, -0.1) is 0 Å². The van der Waals surface area contributed by atoms with Crippen molar-refractivity contribution in [2.24, 2.45) is 0 Å². The minimum absolute atomic E-state index is 0.355. The molecule has 0 aliphatic rings. The fourth-order valence-corrected chi connectivity index (χ4v) is 1.15. The van der Waals surface area contributed by atoms with Crippen LogP contribution in [0.4, 0.5) is 0 Å². The first-order valence-corrected chi connectivity index (χ1v) is 5.35. The summed E-state index contributed by atoms with van der Waals surface area (Å²) >= 11 is 0. The van der Waals surface area contributed by atoms with Crippen LogP contribution in [-0.2, 0) is 4.79 Å². The molecule has 1 atom stereocenters. The van der Waals surface area contributed by atoms with Gasteiger partial charge in [0.25, 0.3) is 5.91 Å². The maximum absolute atomic E-state index is 11.7. The van der Waals surface area contributed by atoms with Gasteiger partial charge in [0, 0.05) is 5.56 Å². The van der Waals surface area contributed by atoms with Crippen LogP contribution in [0.15, 0.2) is 30.3 Å². The van der Waals surface area contributed by atoms with E-state index in [4.69, 9.17) is 5.11 Å². The van der Waals surface area contributed by atoms with E-state index in [1.807, 2.05) is 0 Å². The average Bonchev–Trinajstić information content (AvgIpc) is 2.36. The van der Waals surface area contributed by atoms with Gasteiger partial charge in [-0.1, -0.05) is 25.1 Å². The number of carbonyl (C=O) groups is 2. The number of amides is 1. The Kier molecular flexibility index (Phi) is 4.23. The lowest BCUT2D eigenvalue weighted by Crippen LogP contribution is -2.56. The van der Waals surface area contributed by atoms with Crippen molar-refractivity contribution in [1.29, 1.82) is 0 Å². The summed E-state index contributed by atoms with van der Waals surface area (Å²) in [6.07, 6.45) is 0.359. The molecule has 17 heavy (non-hydrogen) atoms. The van der Waals surface area contributed by atoms with Crippen molar-refractivity contribution in [1.82, 2.24) is 10.9 Å². The molecule has 0 radical (unpaired) electrons. The highest BCUT2D eigenvalue weighted by atomic mass is 16.4. The molecule has 3 N–H and O–H groups in total. The minimum atomic E-state index is -1.16. The summed E-state index contributed by atoms with van der Waals surface area (Å²) in [5.74, 6) is -1.36. The lowest BCUT2D eigenvalue weighted by molar-refractivity contribution is -0.144. The molecule has 0 heterocycles. The Morgan fingerprint density at radius 3 is 2.35 bits per heavy atom. The molecule has 1 aromatic carbocycles. The van der Waals surface area contributed by atoms with Crippen molar-refractivity contribution in [3.05, 3.63) is 35.9 Å². The first-order valence-electron chi connectivity index (χ1n) is 5.35. The molecule has 5 heteroatoms. The molecular weight excluding hydrogens is 220 g/mol. The molecule has 0 aromatic heterocycles. The Morgan fingerprint density at radius 2 is 1.88 bits per heavy atom. The zero-order chi connectivity index (χ0) is 12.9. The van der Waals surface area contributed by atoms with Crippen LogP contribution in [0, 0.1) is 0 Å². The molecule has 0 fully saturated rings. The van der Waals surface area contributed by atoms with Crippen LogP contribution in [0.5, 0.6) is 0 Å². The van der Waals surface area contributed by atoms with E-state index in [9.17, 15) is 9.59 Å².